The van der Waals surface area contributed by atoms with Crippen molar-refractivity contribution in [3.05, 3.63) is 28.2 Å². The summed E-state index contributed by atoms with van der Waals surface area (Å²) in [5.41, 5.74) is 1.19. The van der Waals surface area contributed by atoms with E-state index in [4.69, 9.17) is 0 Å². The monoisotopic (exact) mass is 326 g/mol. The summed E-state index contributed by atoms with van der Waals surface area (Å²) in [6.45, 7) is 2.95. The molecule has 0 aromatic heterocycles. The molecule has 19 heavy (non-hydrogen) atoms. The first-order valence-corrected chi connectivity index (χ1v) is 7.84. The molecule has 1 aliphatic carbocycles. The van der Waals surface area contributed by atoms with Gasteiger partial charge in [-0.05, 0) is 53.5 Å². The van der Waals surface area contributed by atoms with Crippen LogP contribution in [0.4, 0.5) is 0 Å². The van der Waals surface area contributed by atoms with Crippen LogP contribution >= 0.6 is 15.9 Å². The van der Waals surface area contributed by atoms with Crippen LogP contribution in [-0.2, 0) is 6.54 Å². The van der Waals surface area contributed by atoms with Gasteiger partial charge in [0.1, 0.15) is 5.75 Å². The minimum absolute atomic E-state index is 0.296. The van der Waals surface area contributed by atoms with E-state index in [0.717, 1.165) is 30.1 Å². The normalized spacial score (nSPS) is 16.4. The molecule has 0 heterocycles. The van der Waals surface area contributed by atoms with E-state index in [-0.39, 0.29) is 0 Å². The predicted octanol–water partition coefficient (Wildman–Crippen LogP) is 3.12. The average molecular weight is 327 g/mol. The largest absolute Gasteiger partial charge is 0.507 e. The van der Waals surface area contributed by atoms with Crippen LogP contribution in [0.15, 0.2) is 22.7 Å². The lowest BCUT2D eigenvalue weighted by Crippen LogP contribution is -2.35. The van der Waals surface area contributed by atoms with Gasteiger partial charge in [-0.25, -0.2) is 0 Å². The Kier molecular flexibility index (Phi) is 5.67. The molecule has 2 N–H and O–H groups in total. The van der Waals surface area contributed by atoms with E-state index in [2.05, 4.69) is 33.2 Å². The molecule has 0 amide bonds. The lowest BCUT2D eigenvalue weighted by atomic mass is 10.2. The Labute approximate surface area is 124 Å². The number of hydrogen-bond donors (Lipinski definition) is 2. The average Bonchev–Trinajstić information content (AvgIpc) is 2.92. The summed E-state index contributed by atoms with van der Waals surface area (Å²) >= 11 is 3.34. The highest BCUT2D eigenvalue weighted by Crippen LogP contribution is 2.24. The van der Waals surface area contributed by atoms with E-state index in [1.165, 1.54) is 31.2 Å². The van der Waals surface area contributed by atoms with Crippen LogP contribution in [-0.4, -0.2) is 36.2 Å². The SMILES string of the molecule is CN(CCNCc1ccc(O)c(Br)c1)C1CCCC1. The second kappa shape index (κ2) is 7.27. The van der Waals surface area contributed by atoms with Gasteiger partial charge in [0.05, 0.1) is 4.47 Å². The van der Waals surface area contributed by atoms with Crippen molar-refractivity contribution in [2.24, 2.45) is 0 Å². The van der Waals surface area contributed by atoms with Crippen LogP contribution in [0, 0.1) is 0 Å². The zero-order chi connectivity index (χ0) is 13.7. The first-order chi connectivity index (χ1) is 9.16. The summed E-state index contributed by atoms with van der Waals surface area (Å²) in [5, 5.41) is 12.9. The van der Waals surface area contributed by atoms with E-state index in [1.807, 2.05) is 12.1 Å². The van der Waals surface area contributed by atoms with Gasteiger partial charge in [-0.1, -0.05) is 18.9 Å². The van der Waals surface area contributed by atoms with Gasteiger partial charge in [-0.15, -0.1) is 0 Å². The number of rotatable bonds is 6. The number of hydrogen-bond acceptors (Lipinski definition) is 3. The predicted molar refractivity (Wildman–Crippen MR) is 82.4 cm³/mol. The molecule has 0 bridgehead atoms. The summed E-state index contributed by atoms with van der Waals surface area (Å²) in [7, 11) is 2.23. The number of aromatic hydroxyl groups is 1. The maximum Gasteiger partial charge on any atom is 0.129 e. The van der Waals surface area contributed by atoms with Crippen molar-refractivity contribution < 1.29 is 5.11 Å². The van der Waals surface area contributed by atoms with Gasteiger partial charge in [-0.2, -0.15) is 0 Å². The Bertz CT molecular complexity index is 405. The van der Waals surface area contributed by atoms with Crippen LogP contribution in [0.2, 0.25) is 0 Å². The van der Waals surface area contributed by atoms with Crippen molar-refractivity contribution in [2.45, 2.75) is 38.3 Å². The van der Waals surface area contributed by atoms with Crippen molar-refractivity contribution in [3.8, 4) is 5.75 Å². The quantitative estimate of drug-likeness (QED) is 0.788. The lowest BCUT2D eigenvalue weighted by Gasteiger charge is -2.24. The maximum absolute atomic E-state index is 9.44. The summed E-state index contributed by atoms with van der Waals surface area (Å²) in [5.74, 6) is 0.296. The molecule has 106 valence electrons. The van der Waals surface area contributed by atoms with Crippen LogP contribution in [0.5, 0.6) is 5.75 Å². The fraction of sp³-hybridized carbons (Fsp3) is 0.600. The van der Waals surface area contributed by atoms with Crippen molar-refractivity contribution in [2.75, 3.05) is 20.1 Å². The van der Waals surface area contributed by atoms with E-state index >= 15 is 0 Å². The first-order valence-electron chi connectivity index (χ1n) is 7.05. The van der Waals surface area contributed by atoms with Crippen LogP contribution < -0.4 is 5.32 Å². The number of phenolic OH excluding ortho intramolecular Hbond substituents is 1. The zero-order valence-corrected chi connectivity index (χ0v) is 13.1. The third kappa shape index (κ3) is 4.48. The smallest absolute Gasteiger partial charge is 0.129 e. The van der Waals surface area contributed by atoms with Gasteiger partial charge in [0.2, 0.25) is 0 Å². The number of likely N-dealkylation sites (N-methyl/N-ethyl adjacent to an activating group) is 1. The van der Waals surface area contributed by atoms with E-state index in [1.54, 1.807) is 6.07 Å². The molecular weight excluding hydrogens is 304 g/mol. The Morgan fingerprint density at radius 2 is 2.11 bits per heavy atom. The van der Waals surface area contributed by atoms with Crippen molar-refractivity contribution in [1.82, 2.24) is 10.2 Å². The number of nitrogens with one attached hydrogen (secondary N) is 1. The topological polar surface area (TPSA) is 35.5 Å². The molecule has 0 aliphatic heterocycles. The summed E-state index contributed by atoms with van der Waals surface area (Å²) in [6.07, 6.45) is 5.51. The van der Waals surface area contributed by atoms with Gasteiger partial charge in [-0.3, -0.25) is 0 Å². The molecule has 1 aliphatic rings. The van der Waals surface area contributed by atoms with Gasteiger partial charge < -0.3 is 15.3 Å². The van der Waals surface area contributed by atoms with Crippen molar-refractivity contribution in [3.63, 3.8) is 0 Å². The Balaban J connectivity index is 1.67. The highest BCUT2D eigenvalue weighted by molar-refractivity contribution is 9.10. The minimum atomic E-state index is 0.296. The molecule has 1 aromatic carbocycles. The second-order valence-corrected chi connectivity index (χ2v) is 6.24. The van der Waals surface area contributed by atoms with E-state index in [0.29, 0.717) is 5.75 Å². The zero-order valence-electron chi connectivity index (χ0n) is 11.5. The molecule has 0 atom stereocenters. The standard InChI is InChI=1S/C15H23BrN2O/c1-18(13-4-2-3-5-13)9-8-17-11-12-6-7-15(19)14(16)10-12/h6-7,10,13,17,19H,2-5,8-9,11H2,1H3. The molecule has 0 radical (unpaired) electrons. The Morgan fingerprint density at radius 1 is 1.37 bits per heavy atom. The molecule has 0 spiro atoms. The number of halogens is 1. The number of phenols is 1. The molecule has 1 saturated carbocycles. The first kappa shape index (κ1) is 14.8. The Morgan fingerprint density at radius 3 is 2.79 bits per heavy atom. The molecular formula is C15H23BrN2O. The van der Waals surface area contributed by atoms with Crippen LogP contribution in [0.3, 0.4) is 0 Å². The summed E-state index contributed by atoms with van der Waals surface area (Å²) < 4.78 is 0.759. The lowest BCUT2D eigenvalue weighted by molar-refractivity contribution is 0.245. The molecule has 0 saturated heterocycles. The van der Waals surface area contributed by atoms with Crippen molar-refractivity contribution in [1.29, 1.82) is 0 Å². The summed E-state index contributed by atoms with van der Waals surface area (Å²) in [4.78, 5) is 2.48. The molecule has 0 unspecified atom stereocenters. The highest BCUT2D eigenvalue weighted by atomic mass is 79.9. The van der Waals surface area contributed by atoms with Crippen LogP contribution in [0.1, 0.15) is 31.2 Å². The van der Waals surface area contributed by atoms with Gasteiger partial charge >= 0.3 is 0 Å². The highest BCUT2D eigenvalue weighted by Gasteiger charge is 2.18. The number of benzene rings is 1. The van der Waals surface area contributed by atoms with Gasteiger partial charge in [0.15, 0.2) is 0 Å². The molecule has 1 aromatic rings. The third-order valence-electron chi connectivity index (χ3n) is 3.93. The van der Waals surface area contributed by atoms with Gasteiger partial charge in [0, 0.05) is 25.7 Å². The fourth-order valence-electron chi connectivity index (χ4n) is 2.68. The molecule has 1 fully saturated rings. The summed E-state index contributed by atoms with van der Waals surface area (Å²) in [6, 6.07) is 6.44. The van der Waals surface area contributed by atoms with Crippen LogP contribution in [0.25, 0.3) is 0 Å². The third-order valence-corrected chi connectivity index (χ3v) is 4.57. The number of nitrogens with zero attached hydrogens (tertiary/aromatic N) is 1. The van der Waals surface area contributed by atoms with E-state index in [9.17, 15) is 5.11 Å². The molecule has 2 rings (SSSR count). The van der Waals surface area contributed by atoms with Gasteiger partial charge in [0.25, 0.3) is 0 Å². The molecule has 3 nitrogen and oxygen atoms in total. The van der Waals surface area contributed by atoms with Crippen molar-refractivity contribution >= 4 is 15.9 Å². The fourth-order valence-corrected chi connectivity index (χ4v) is 3.10. The Hall–Kier alpha value is -0.580. The molecule has 4 heteroatoms. The maximum atomic E-state index is 9.44. The van der Waals surface area contributed by atoms with E-state index < -0.39 is 0 Å². The second-order valence-electron chi connectivity index (χ2n) is 5.38. The minimum Gasteiger partial charge on any atom is -0.507 e.